The summed E-state index contributed by atoms with van der Waals surface area (Å²) < 4.78 is 29.3. The first-order valence-electron chi connectivity index (χ1n) is 6.34. The molecule has 1 amide bonds. The Bertz CT molecular complexity index is 424. The van der Waals surface area contributed by atoms with E-state index in [2.05, 4.69) is 5.32 Å². The topological polar surface area (TPSA) is 62.5 Å². The van der Waals surface area contributed by atoms with Crippen molar-refractivity contribution >= 4 is 17.7 Å². The number of carbonyl (C=O) groups excluding carboxylic acids is 1. The first-order chi connectivity index (χ1) is 9.43. The van der Waals surface area contributed by atoms with Crippen LogP contribution in [0.15, 0.2) is 16.5 Å². The summed E-state index contributed by atoms with van der Waals surface area (Å²) in [5.41, 5.74) is 0. The van der Waals surface area contributed by atoms with E-state index in [1.165, 1.54) is 12.1 Å². The molecule has 0 aliphatic rings. The van der Waals surface area contributed by atoms with Gasteiger partial charge in [0.1, 0.15) is 5.76 Å². The van der Waals surface area contributed by atoms with Gasteiger partial charge in [0.2, 0.25) is 0 Å². The Morgan fingerprint density at radius 2 is 2.15 bits per heavy atom. The van der Waals surface area contributed by atoms with Crippen LogP contribution in [0, 0.1) is 5.92 Å². The molecule has 7 heteroatoms. The minimum atomic E-state index is -2.47. The predicted molar refractivity (Wildman–Crippen MR) is 73.8 cm³/mol. The second kappa shape index (κ2) is 8.26. The second-order valence-electron chi connectivity index (χ2n) is 4.67. The number of thioether (sulfide) groups is 1. The zero-order chi connectivity index (χ0) is 15.1. The highest BCUT2D eigenvalue weighted by molar-refractivity contribution is 7.98. The average molecular weight is 307 g/mol. The number of aliphatic hydroxyl groups excluding tert-OH is 1. The zero-order valence-corrected chi connectivity index (χ0v) is 12.3. The number of hydrogen-bond donors (Lipinski definition) is 2. The monoisotopic (exact) mass is 307 g/mol. The Labute approximate surface area is 120 Å². The van der Waals surface area contributed by atoms with Gasteiger partial charge in [0.25, 0.3) is 11.7 Å². The Morgan fingerprint density at radius 3 is 2.70 bits per heavy atom. The maximum atomic E-state index is 12.0. The van der Waals surface area contributed by atoms with Gasteiger partial charge in [-0.05, 0) is 24.5 Å². The molecule has 1 unspecified atom stereocenters. The van der Waals surface area contributed by atoms with Gasteiger partial charge in [0.05, 0.1) is 5.75 Å². The fourth-order valence-corrected chi connectivity index (χ4v) is 2.12. The smallest absolute Gasteiger partial charge is 0.287 e. The van der Waals surface area contributed by atoms with Crippen LogP contribution >= 0.6 is 11.8 Å². The molecule has 0 aliphatic heterocycles. The highest BCUT2D eigenvalue weighted by Gasteiger charge is 2.19. The highest BCUT2D eigenvalue weighted by atomic mass is 32.2. The van der Waals surface area contributed by atoms with Gasteiger partial charge in [-0.2, -0.15) is 8.78 Å². The number of halogens is 2. The van der Waals surface area contributed by atoms with Crippen molar-refractivity contribution in [3.8, 4) is 0 Å². The van der Waals surface area contributed by atoms with Crippen molar-refractivity contribution in [3.63, 3.8) is 0 Å². The molecule has 0 fully saturated rings. The summed E-state index contributed by atoms with van der Waals surface area (Å²) in [6, 6.07) is 2.82. The third kappa shape index (κ3) is 5.50. The molecule has 0 radical (unpaired) electrons. The standard InChI is InChI=1S/C13H19F2NO3S/c1-8(2)10(5-6-17)16-12(18)11-4-3-9(19-11)7-20-13(14)15/h3-4,8,10,13,17H,5-7H2,1-2H3,(H,16,18). The number of hydrogen-bond acceptors (Lipinski definition) is 4. The minimum absolute atomic E-state index is 0.0163. The molecule has 0 aromatic carbocycles. The summed E-state index contributed by atoms with van der Waals surface area (Å²) in [5, 5.41) is 11.7. The van der Waals surface area contributed by atoms with Crippen molar-refractivity contribution in [3.05, 3.63) is 23.7 Å². The van der Waals surface area contributed by atoms with Gasteiger partial charge in [-0.1, -0.05) is 25.6 Å². The number of nitrogens with one attached hydrogen (secondary N) is 1. The van der Waals surface area contributed by atoms with E-state index in [1.807, 2.05) is 13.8 Å². The molecular weight excluding hydrogens is 288 g/mol. The number of rotatable bonds is 8. The Morgan fingerprint density at radius 1 is 1.45 bits per heavy atom. The molecule has 2 N–H and O–H groups in total. The number of amides is 1. The van der Waals surface area contributed by atoms with Crippen molar-refractivity contribution in [1.29, 1.82) is 0 Å². The first kappa shape index (κ1) is 17.0. The van der Waals surface area contributed by atoms with Crippen LogP contribution in [0.1, 0.15) is 36.6 Å². The highest BCUT2D eigenvalue weighted by Crippen LogP contribution is 2.21. The van der Waals surface area contributed by atoms with E-state index < -0.39 is 11.7 Å². The zero-order valence-electron chi connectivity index (χ0n) is 11.4. The lowest BCUT2D eigenvalue weighted by atomic mass is 10.0. The molecule has 1 aromatic rings. The minimum Gasteiger partial charge on any atom is -0.455 e. The summed E-state index contributed by atoms with van der Waals surface area (Å²) in [6.07, 6.45) is 0.457. The lowest BCUT2D eigenvalue weighted by Crippen LogP contribution is -2.39. The van der Waals surface area contributed by atoms with Crippen LogP contribution in [0.4, 0.5) is 8.78 Å². The van der Waals surface area contributed by atoms with Gasteiger partial charge in [-0.25, -0.2) is 0 Å². The molecule has 0 bridgehead atoms. The maximum Gasteiger partial charge on any atom is 0.287 e. The Hall–Kier alpha value is -1.08. The summed E-state index contributed by atoms with van der Waals surface area (Å²) in [5.74, 6) is -2.23. The molecule has 0 saturated carbocycles. The summed E-state index contributed by atoms with van der Waals surface area (Å²) in [6.45, 7) is 3.86. The van der Waals surface area contributed by atoms with Crippen molar-refractivity contribution in [2.45, 2.75) is 37.8 Å². The fraction of sp³-hybridized carbons (Fsp3) is 0.615. The third-order valence-corrected chi connectivity index (χ3v) is 3.50. The van der Waals surface area contributed by atoms with Gasteiger partial charge >= 0.3 is 0 Å². The molecule has 114 valence electrons. The van der Waals surface area contributed by atoms with Crippen LogP contribution in [0.5, 0.6) is 0 Å². The van der Waals surface area contributed by atoms with Crippen LogP contribution in [0.2, 0.25) is 0 Å². The van der Waals surface area contributed by atoms with E-state index in [-0.39, 0.29) is 30.1 Å². The van der Waals surface area contributed by atoms with Gasteiger partial charge < -0.3 is 14.8 Å². The molecule has 20 heavy (non-hydrogen) atoms. The van der Waals surface area contributed by atoms with Gasteiger partial charge in [-0.3, -0.25) is 4.79 Å². The van der Waals surface area contributed by atoms with Crippen LogP contribution in [-0.4, -0.2) is 29.4 Å². The molecule has 1 heterocycles. The molecule has 4 nitrogen and oxygen atoms in total. The maximum absolute atomic E-state index is 12.0. The van der Waals surface area contributed by atoms with E-state index in [1.54, 1.807) is 0 Å². The molecule has 1 aromatic heterocycles. The van der Waals surface area contributed by atoms with Gasteiger partial charge in [-0.15, -0.1) is 0 Å². The molecule has 0 saturated heterocycles. The largest absolute Gasteiger partial charge is 0.455 e. The predicted octanol–water partition coefficient (Wildman–Crippen LogP) is 2.87. The van der Waals surface area contributed by atoms with Crippen molar-refractivity contribution < 1.29 is 23.1 Å². The van der Waals surface area contributed by atoms with E-state index in [9.17, 15) is 13.6 Å². The molecule has 1 rings (SSSR count). The van der Waals surface area contributed by atoms with Crippen molar-refractivity contribution in [2.75, 3.05) is 6.61 Å². The van der Waals surface area contributed by atoms with Crippen LogP contribution in [0.3, 0.4) is 0 Å². The number of furan rings is 1. The summed E-state index contributed by atoms with van der Waals surface area (Å²) in [7, 11) is 0. The van der Waals surface area contributed by atoms with Crippen LogP contribution in [0.25, 0.3) is 0 Å². The number of alkyl halides is 2. The molecule has 1 atom stereocenters. The van der Waals surface area contributed by atoms with Crippen LogP contribution in [-0.2, 0) is 5.75 Å². The van der Waals surface area contributed by atoms with E-state index >= 15 is 0 Å². The molecule has 0 spiro atoms. The quantitative estimate of drug-likeness (QED) is 0.775. The third-order valence-electron chi connectivity index (χ3n) is 2.80. The van der Waals surface area contributed by atoms with Crippen molar-refractivity contribution in [2.24, 2.45) is 5.92 Å². The first-order valence-corrected chi connectivity index (χ1v) is 7.39. The lowest BCUT2D eigenvalue weighted by Gasteiger charge is -2.20. The Kier molecular flexibility index (Phi) is 7.01. The van der Waals surface area contributed by atoms with E-state index in [4.69, 9.17) is 9.52 Å². The van der Waals surface area contributed by atoms with Gasteiger partial charge in [0, 0.05) is 12.6 Å². The van der Waals surface area contributed by atoms with Gasteiger partial charge in [0.15, 0.2) is 5.76 Å². The second-order valence-corrected chi connectivity index (χ2v) is 5.65. The van der Waals surface area contributed by atoms with Crippen LogP contribution < -0.4 is 5.32 Å². The average Bonchev–Trinajstić information content (AvgIpc) is 2.84. The molecule has 0 aliphatic carbocycles. The summed E-state index contributed by atoms with van der Waals surface area (Å²) >= 11 is 0.444. The number of aliphatic hydroxyl groups is 1. The lowest BCUT2D eigenvalue weighted by molar-refractivity contribution is 0.0887. The SMILES string of the molecule is CC(C)C(CCO)NC(=O)c1ccc(CSC(F)F)o1. The van der Waals surface area contributed by atoms with E-state index in [0.717, 1.165) is 0 Å². The summed E-state index contributed by atoms with van der Waals surface area (Å²) in [4.78, 5) is 11.9. The normalized spacial score (nSPS) is 12.9. The number of carbonyl (C=O) groups is 1. The van der Waals surface area contributed by atoms with E-state index in [0.29, 0.717) is 23.9 Å². The molecular formula is C13H19F2NO3S. The Balaban J connectivity index is 2.58. The van der Waals surface area contributed by atoms with Crippen molar-refractivity contribution in [1.82, 2.24) is 5.32 Å². The fourth-order valence-electron chi connectivity index (χ4n) is 1.67.